The van der Waals surface area contributed by atoms with Gasteiger partial charge in [0.05, 0.1) is 6.61 Å². The second-order valence-electron chi connectivity index (χ2n) is 3.53. The number of aromatic carboxylic acids is 1. The summed E-state index contributed by atoms with van der Waals surface area (Å²) in [6, 6.07) is 5.82. The molecule has 1 N–H and O–H groups in total. The van der Waals surface area contributed by atoms with Crippen molar-refractivity contribution in [1.82, 2.24) is 0 Å². The van der Waals surface area contributed by atoms with Crippen molar-refractivity contribution < 1.29 is 14.6 Å². The van der Waals surface area contributed by atoms with E-state index in [9.17, 15) is 4.79 Å². The standard InChI is InChI=1S/C12H12O3S2/c1-8-7-10(11(17-8)12(13)14)15-5-4-9-3-2-6-16-9/h2-3,6-7H,4-5H2,1H3,(H,13,14). The number of hydrogen-bond acceptors (Lipinski definition) is 4. The van der Waals surface area contributed by atoms with Gasteiger partial charge in [0.25, 0.3) is 0 Å². The molecule has 3 nitrogen and oxygen atoms in total. The maximum Gasteiger partial charge on any atom is 0.349 e. The third kappa shape index (κ3) is 3.08. The topological polar surface area (TPSA) is 46.5 Å². The van der Waals surface area contributed by atoms with Crippen LogP contribution in [0.1, 0.15) is 19.4 Å². The van der Waals surface area contributed by atoms with E-state index in [0.717, 1.165) is 11.3 Å². The smallest absolute Gasteiger partial charge is 0.349 e. The van der Waals surface area contributed by atoms with Crippen molar-refractivity contribution >= 4 is 28.6 Å². The molecule has 0 saturated heterocycles. The second-order valence-corrected chi connectivity index (χ2v) is 5.82. The molecule has 2 heterocycles. The highest BCUT2D eigenvalue weighted by molar-refractivity contribution is 7.14. The lowest BCUT2D eigenvalue weighted by molar-refractivity contribution is 0.0698. The maximum atomic E-state index is 11.0. The van der Waals surface area contributed by atoms with Crippen molar-refractivity contribution in [3.8, 4) is 5.75 Å². The lowest BCUT2D eigenvalue weighted by Gasteiger charge is -2.03. The Morgan fingerprint density at radius 2 is 2.35 bits per heavy atom. The molecule has 0 aliphatic carbocycles. The van der Waals surface area contributed by atoms with Crippen molar-refractivity contribution in [2.75, 3.05) is 6.61 Å². The third-order valence-electron chi connectivity index (χ3n) is 2.20. The molecule has 0 fully saturated rings. The summed E-state index contributed by atoms with van der Waals surface area (Å²) in [5.41, 5.74) is 0. The molecular formula is C12H12O3S2. The Kier molecular flexibility index (Phi) is 3.81. The highest BCUT2D eigenvalue weighted by Gasteiger charge is 2.15. The summed E-state index contributed by atoms with van der Waals surface area (Å²) in [7, 11) is 0. The van der Waals surface area contributed by atoms with E-state index in [1.165, 1.54) is 16.2 Å². The molecule has 0 unspecified atom stereocenters. The Morgan fingerprint density at radius 3 is 3.00 bits per heavy atom. The molecule has 0 amide bonds. The number of ether oxygens (including phenoxy) is 1. The van der Waals surface area contributed by atoms with Crippen LogP contribution in [-0.4, -0.2) is 17.7 Å². The molecule has 0 spiro atoms. The molecule has 0 aliphatic rings. The van der Waals surface area contributed by atoms with E-state index in [1.807, 2.05) is 24.4 Å². The maximum absolute atomic E-state index is 11.0. The molecule has 2 aromatic heterocycles. The van der Waals surface area contributed by atoms with Crippen LogP contribution in [0, 0.1) is 6.92 Å². The Bertz CT molecular complexity index is 500. The minimum absolute atomic E-state index is 0.286. The van der Waals surface area contributed by atoms with E-state index in [2.05, 4.69) is 0 Å². The highest BCUT2D eigenvalue weighted by Crippen LogP contribution is 2.29. The summed E-state index contributed by atoms with van der Waals surface area (Å²) in [4.78, 5) is 13.4. The molecule has 17 heavy (non-hydrogen) atoms. The van der Waals surface area contributed by atoms with Crippen molar-refractivity contribution in [2.45, 2.75) is 13.3 Å². The van der Waals surface area contributed by atoms with Gasteiger partial charge in [-0.2, -0.15) is 0 Å². The van der Waals surface area contributed by atoms with Crippen LogP contribution in [-0.2, 0) is 6.42 Å². The zero-order valence-corrected chi connectivity index (χ0v) is 10.9. The quantitative estimate of drug-likeness (QED) is 0.903. The molecule has 2 rings (SSSR count). The second kappa shape index (κ2) is 5.33. The van der Waals surface area contributed by atoms with Crippen molar-refractivity contribution in [3.63, 3.8) is 0 Å². The number of hydrogen-bond donors (Lipinski definition) is 1. The summed E-state index contributed by atoms with van der Waals surface area (Å²) in [6.07, 6.45) is 0.811. The largest absolute Gasteiger partial charge is 0.491 e. The Morgan fingerprint density at radius 1 is 1.53 bits per heavy atom. The summed E-state index contributed by atoms with van der Waals surface area (Å²) in [6.45, 7) is 2.39. The number of carboxylic acids is 1. The Labute approximate surface area is 107 Å². The van der Waals surface area contributed by atoms with Gasteiger partial charge in [0.2, 0.25) is 0 Å². The van der Waals surface area contributed by atoms with Gasteiger partial charge in [0, 0.05) is 16.2 Å². The number of rotatable bonds is 5. The summed E-state index contributed by atoms with van der Waals surface area (Å²) >= 11 is 2.93. The van der Waals surface area contributed by atoms with Gasteiger partial charge in [-0.15, -0.1) is 22.7 Å². The van der Waals surface area contributed by atoms with Crippen LogP contribution in [0.25, 0.3) is 0 Å². The van der Waals surface area contributed by atoms with Gasteiger partial charge in [0.1, 0.15) is 5.75 Å². The molecule has 0 saturated carbocycles. The first-order valence-corrected chi connectivity index (χ1v) is 6.85. The van der Waals surface area contributed by atoms with E-state index in [0.29, 0.717) is 12.4 Å². The van der Waals surface area contributed by atoms with Gasteiger partial charge < -0.3 is 9.84 Å². The molecular weight excluding hydrogens is 256 g/mol. The van der Waals surface area contributed by atoms with E-state index >= 15 is 0 Å². The van der Waals surface area contributed by atoms with E-state index in [1.54, 1.807) is 17.4 Å². The van der Waals surface area contributed by atoms with Crippen molar-refractivity contribution in [2.24, 2.45) is 0 Å². The Balaban J connectivity index is 1.96. The van der Waals surface area contributed by atoms with Crippen molar-refractivity contribution in [1.29, 1.82) is 0 Å². The summed E-state index contributed by atoms with van der Waals surface area (Å²) < 4.78 is 5.53. The van der Waals surface area contributed by atoms with Crippen LogP contribution in [0.5, 0.6) is 5.75 Å². The fraction of sp³-hybridized carbons (Fsp3) is 0.250. The van der Waals surface area contributed by atoms with E-state index in [4.69, 9.17) is 9.84 Å². The fourth-order valence-corrected chi connectivity index (χ4v) is 2.95. The first kappa shape index (κ1) is 12.1. The van der Waals surface area contributed by atoms with Crippen molar-refractivity contribution in [3.05, 3.63) is 38.2 Å². The first-order valence-electron chi connectivity index (χ1n) is 5.15. The predicted molar refractivity (Wildman–Crippen MR) is 69.5 cm³/mol. The van der Waals surface area contributed by atoms with Crippen LogP contribution in [0.2, 0.25) is 0 Å². The van der Waals surface area contributed by atoms with Gasteiger partial charge in [-0.1, -0.05) is 6.07 Å². The predicted octanol–water partition coefficient (Wildman–Crippen LogP) is 3.44. The molecule has 0 bridgehead atoms. The minimum Gasteiger partial charge on any atom is -0.491 e. The molecule has 2 aromatic rings. The van der Waals surface area contributed by atoms with Gasteiger partial charge >= 0.3 is 5.97 Å². The van der Waals surface area contributed by atoms with E-state index in [-0.39, 0.29) is 4.88 Å². The van der Waals surface area contributed by atoms with Gasteiger partial charge in [0.15, 0.2) is 4.88 Å². The van der Waals surface area contributed by atoms with Crippen LogP contribution in [0.3, 0.4) is 0 Å². The number of carbonyl (C=O) groups is 1. The molecule has 0 aliphatic heterocycles. The SMILES string of the molecule is Cc1cc(OCCc2cccs2)c(C(=O)O)s1. The van der Waals surface area contributed by atoms with Gasteiger partial charge in [-0.05, 0) is 24.4 Å². The average Bonchev–Trinajstić information content (AvgIpc) is 2.88. The lowest BCUT2D eigenvalue weighted by atomic mass is 10.3. The molecule has 0 radical (unpaired) electrons. The number of aryl methyl sites for hydroxylation is 1. The molecule has 90 valence electrons. The summed E-state index contributed by atoms with van der Waals surface area (Å²) in [5, 5.41) is 11.0. The number of carboxylic acid groups (broad SMARTS) is 1. The zero-order valence-electron chi connectivity index (χ0n) is 9.30. The van der Waals surface area contributed by atoms with Gasteiger partial charge in [-0.25, -0.2) is 4.79 Å². The first-order chi connectivity index (χ1) is 8.16. The monoisotopic (exact) mass is 268 g/mol. The molecule has 0 atom stereocenters. The van der Waals surface area contributed by atoms with Crippen LogP contribution in [0.4, 0.5) is 0 Å². The number of thiophene rings is 2. The molecule has 0 aromatic carbocycles. The lowest BCUT2D eigenvalue weighted by Crippen LogP contribution is -2.03. The minimum atomic E-state index is -0.922. The van der Waals surface area contributed by atoms with Crippen LogP contribution in [0.15, 0.2) is 23.6 Å². The average molecular weight is 268 g/mol. The van der Waals surface area contributed by atoms with Crippen LogP contribution >= 0.6 is 22.7 Å². The highest BCUT2D eigenvalue weighted by atomic mass is 32.1. The van der Waals surface area contributed by atoms with E-state index < -0.39 is 5.97 Å². The third-order valence-corrected chi connectivity index (χ3v) is 4.16. The summed E-state index contributed by atoms with van der Waals surface area (Å²) in [5.74, 6) is -0.439. The normalized spacial score (nSPS) is 10.4. The van der Waals surface area contributed by atoms with Crippen LogP contribution < -0.4 is 4.74 Å². The Hall–Kier alpha value is -1.33. The zero-order chi connectivity index (χ0) is 12.3. The fourth-order valence-electron chi connectivity index (χ4n) is 1.46. The molecule has 5 heteroatoms. The van der Waals surface area contributed by atoms with Gasteiger partial charge in [-0.3, -0.25) is 0 Å².